The second-order valence-electron chi connectivity index (χ2n) is 8.26. The van der Waals surface area contributed by atoms with E-state index in [1.807, 2.05) is 25.1 Å². The molecule has 1 aliphatic rings. The van der Waals surface area contributed by atoms with Crippen LogP contribution < -0.4 is 14.2 Å². The number of ether oxygens (including phenoxy) is 4. The van der Waals surface area contributed by atoms with Crippen molar-refractivity contribution >= 4 is 11.8 Å². The lowest BCUT2D eigenvalue weighted by atomic mass is 9.84. The van der Waals surface area contributed by atoms with Gasteiger partial charge in [-0.05, 0) is 30.5 Å². The summed E-state index contributed by atoms with van der Waals surface area (Å²) in [5.74, 6) is -0.351. The molecule has 0 saturated carbocycles. The number of Topliss-reactive ketones (excluding diaryl/α,β-unsaturated/α-hetero) is 1. The Kier molecular flexibility index (Phi) is 7.22. The fourth-order valence-electron chi connectivity index (χ4n) is 3.95. The number of carbonyl (C=O) groups is 2. The number of esters is 1. The third-order valence-corrected chi connectivity index (χ3v) is 5.57. The van der Waals surface area contributed by atoms with Crippen LogP contribution in [0.5, 0.6) is 23.0 Å². The maximum atomic E-state index is 12.7. The van der Waals surface area contributed by atoms with E-state index >= 15 is 0 Å². The zero-order chi connectivity index (χ0) is 23.4. The molecule has 8 nitrogen and oxygen atoms in total. The minimum absolute atomic E-state index is 0.0690. The number of nitrogens with zero attached hydrogens (tertiary/aromatic N) is 1. The van der Waals surface area contributed by atoms with Crippen molar-refractivity contribution in [3.63, 3.8) is 0 Å². The molecule has 0 saturated heterocycles. The molecule has 0 unspecified atom stereocenters. The highest BCUT2D eigenvalue weighted by molar-refractivity contribution is 5.99. The fraction of sp³-hybridized carbons (Fsp3) is 0.458. The summed E-state index contributed by atoms with van der Waals surface area (Å²) in [6.07, 6.45) is 0.800. The Bertz CT molecular complexity index is 988. The number of methoxy groups -OCH3 is 1. The quantitative estimate of drug-likeness (QED) is 0.456. The molecular weight excluding hydrogens is 414 g/mol. The SMILES string of the molecule is COc1ccnc(C(=O)C[C@@H](C)C(=O)O[C@@H](C)[C@H](c2ccc3c(c2)OCO3)C(C)C)c1O. The monoisotopic (exact) mass is 443 g/mol. The standard InChI is InChI=1S/C24H29NO7/c1-13(2)21(16-6-7-18-20(11-16)31-12-30-18)15(4)32-24(28)14(3)10-17(26)22-23(27)19(29-5)8-9-25-22/h6-9,11,13-15,21,27H,10,12H2,1-5H3/t14-,15+,21-/m1/s1. The summed E-state index contributed by atoms with van der Waals surface area (Å²) in [6, 6.07) is 7.18. The maximum Gasteiger partial charge on any atom is 0.309 e. The highest BCUT2D eigenvalue weighted by atomic mass is 16.7. The van der Waals surface area contributed by atoms with E-state index in [4.69, 9.17) is 18.9 Å². The van der Waals surface area contributed by atoms with Gasteiger partial charge in [-0.2, -0.15) is 0 Å². The minimum atomic E-state index is -0.707. The van der Waals surface area contributed by atoms with Crippen LogP contribution in [0.1, 0.15) is 56.1 Å². The number of hydrogen-bond donors (Lipinski definition) is 1. The van der Waals surface area contributed by atoms with Gasteiger partial charge < -0.3 is 24.1 Å². The van der Waals surface area contributed by atoms with Crippen LogP contribution >= 0.6 is 0 Å². The van der Waals surface area contributed by atoms with Crippen LogP contribution in [0.3, 0.4) is 0 Å². The van der Waals surface area contributed by atoms with Gasteiger partial charge in [0.05, 0.1) is 13.0 Å². The second-order valence-corrected chi connectivity index (χ2v) is 8.26. The summed E-state index contributed by atoms with van der Waals surface area (Å²) < 4.78 is 21.6. The Morgan fingerprint density at radius 3 is 2.53 bits per heavy atom. The van der Waals surface area contributed by atoms with Crippen molar-refractivity contribution in [2.24, 2.45) is 11.8 Å². The zero-order valence-electron chi connectivity index (χ0n) is 19.0. The van der Waals surface area contributed by atoms with E-state index in [-0.39, 0.29) is 42.2 Å². The van der Waals surface area contributed by atoms with E-state index in [1.165, 1.54) is 19.4 Å². The van der Waals surface area contributed by atoms with Gasteiger partial charge >= 0.3 is 5.97 Å². The molecule has 8 heteroatoms. The van der Waals surface area contributed by atoms with Gasteiger partial charge in [0.2, 0.25) is 6.79 Å². The van der Waals surface area contributed by atoms with E-state index in [2.05, 4.69) is 18.8 Å². The Hall–Kier alpha value is -3.29. The van der Waals surface area contributed by atoms with E-state index < -0.39 is 23.8 Å². The van der Waals surface area contributed by atoms with Gasteiger partial charge in [0.15, 0.2) is 34.5 Å². The topological polar surface area (TPSA) is 104 Å². The summed E-state index contributed by atoms with van der Waals surface area (Å²) in [5.41, 5.74) is 0.858. The Morgan fingerprint density at radius 1 is 1.12 bits per heavy atom. The predicted molar refractivity (Wildman–Crippen MR) is 116 cm³/mol. The summed E-state index contributed by atoms with van der Waals surface area (Å²) in [7, 11) is 1.38. The van der Waals surface area contributed by atoms with Crippen molar-refractivity contribution in [1.29, 1.82) is 0 Å². The van der Waals surface area contributed by atoms with Gasteiger partial charge in [-0.1, -0.05) is 26.8 Å². The average Bonchev–Trinajstić information content (AvgIpc) is 3.21. The summed E-state index contributed by atoms with van der Waals surface area (Å²) >= 11 is 0. The first-order chi connectivity index (χ1) is 15.2. The molecule has 3 atom stereocenters. The summed E-state index contributed by atoms with van der Waals surface area (Å²) in [5, 5.41) is 10.1. The largest absolute Gasteiger partial charge is 0.503 e. The molecule has 172 valence electrons. The van der Waals surface area contributed by atoms with Gasteiger partial charge in [0.25, 0.3) is 0 Å². The minimum Gasteiger partial charge on any atom is -0.503 e. The number of carbonyl (C=O) groups excluding carboxylic acids is 2. The van der Waals surface area contributed by atoms with Crippen molar-refractivity contribution in [2.75, 3.05) is 13.9 Å². The van der Waals surface area contributed by atoms with Crippen LogP contribution in [0.25, 0.3) is 0 Å². The Morgan fingerprint density at radius 2 is 1.84 bits per heavy atom. The molecule has 2 heterocycles. The fourth-order valence-corrected chi connectivity index (χ4v) is 3.95. The molecule has 1 aliphatic heterocycles. The number of pyridine rings is 1. The van der Waals surface area contributed by atoms with E-state index in [9.17, 15) is 14.7 Å². The van der Waals surface area contributed by atoms with Gasteiger partial charge in [-0.3, -0.25) is 9.59 Å². The third kappa shape index (κ3) is 4.95. The molecule has 0 fully saturated rings. The maximum absolute atomic E-state index is 12.7. The van der Waals surface area contributed by atoms with Crippen molar-refractivity contribution in [2.45, 2.75) is 46.1 Å². The molecule has 2 aromatic rings. The normalized spacial score (nSPS) is 15.2. The molecule has 32 heavy (non-hydrogen) atoms. The molecule has 1 N–H and O–H groups in total. The zero-order valence-corrected chi connectivity index (χ0v) is 19.0. The van der Waals surface area contributed by atoms with Crippen LogP contribution in [0.4, 0.5) is 0 Å². The Balaban J connectivity index is 1.67. The molecular formula is C24H29NO7. The molecule has 0 bridgehead atoms. The van der Waals surface area contributed by atoms with Crippen LogP contribution in [0, 0.1) is 11.8 Å². The van der Waals surface area contributed by atoms with E-state index in [0.717, 1.165) is 5.56 Å². The summed E-state index contributed by atoms with van der Waals surface area (Å²) in [4.78, 5) is 29.3. The van der Waals surface area contributed by atoms with E-state index in [0.29, 0.717) is 11.5 Å². The number of hydrogen-bond acceptors (Lipinski definition) is 8. The molecule has 0 spiro atoms. The first-order valence-electron chi connectivity index (χ1n) is 10.6. The van der Waals surface area contributed by atoms with Gasteiger partial charge in [0, 0.05) is 24.6 Å². The van der Waals surface area contributed by atoms with Crippen molar-refractivity contribution in [3.8, 4) is 23.0 Å². The lowest BCUT2D eigenvalue weighted by Crippen LogP contribution is -2.29. The molecule has 0 radical (unpaired) electrons. The van der Waals surface area contributed by atoms with Crippen LogP contribution in [-0.4, -0.2) is 41.8 Å². The number of fused-ring (bicyclic) bond motifs is 1. The van der Waals surface area contributed by atoms with E-state index in [1.54, 1.807) is 6.92 Å². The molecule has 0 aliphatic carbocycles. The van der Waals surface area contributed by atoms with Crippen molar-refractivity contribution in [3.05, 3.63) is 41.7 Å². The van der Waals surface area contributed by atoms with Crippen LogP contribution in [0.2, 0.25) is 0 Å². The lowest BCUT2D eigenvalue weighted by molar-refractivity contribution is -0.154. The first kappa shape index (κ1) is 23.4. The van der Waals surface area contributed by atoms with Crippen LogP contribution in [0.15, 0.2) is 30.5 Å². The average molecular weight is 443 g/mol. The molecule has 1 aromatic carbocycles. The highest BCUT2D eigenvalue weighted by Gasteiger charge is 2.30. The predicted octanol–water partition coefficient (Wildman–Crippen LogP) is 4.10. The number of aromatic hydroxyl groups is 1. The smallest absolute Gasteiger partial charge is 0.309 e. The molecule has 1 aromatic heterocycles. The number of benzene rings is 1. The van der Waals surface area contributed by atoms with Gasteiger partial charge in [-0.25, -0.2) is 4.98 Å². The third-order valence-electron chi connectivity index (χ3n) is 5.57. The van der Waals surface area contributed by atoms with Crippen LogP contribution in [-0.2, 0) is 9.53 Å². The lowest BCUT2D eigenvalue weighted by Gasteiger charge is -2.28. The van der Waals surface area contributed by atoms with Gasteiger partial charge in [0.1, 0.15) is 6.10 Å². The second kappa shape index (κ2) is 9.89. The first-order valence-corrected chi connectivity index (χ1v) is 10.6. The molecule has 0 amide bonds. The van der Waals surface area contributed by atoms with Crippen molar-refractivity contribution in [1.82, 2.24) is 4.98 Å². The number of ketones is 1. The van der Waals surface area contributed by atoms with Gasteiger partial charge in [-0.15, -0.1) is 0 Å². The molecule has 3 rings (SSSR count). The number of rotatable bonds is 9. The highest BCUT2D eigenvalue weighted by Crippen LogP contribution is 2.38. The Labute approximate surface area is 187 Å². The summed E-state index contributed by atoms with van der Waals surface area (Å²) in [6.45, 7) is 7.78. The van der Waals surface area contributed by atoms with Crippen molar-refractivity contribution < 1.29 is 33.6 Å². The number of aromatic nitrogens is 1.